The lowest BCUT2D eigenvalue weighted by molar-refractivity contribution is 0.412. The van der Waals surface area contributed by atoms with Crippen molar-refractivity contribution >= 4 is 21.9 Å². The summed E-state index contributed by atoms with van der Waals surface area (Å²) in [7, 11) is 1.66. The van der Waals surface area contributed by atoms with Crippen LogP contribution in [0.3, 0.4) is 0 Å². The molecule has 0 unspecified atom stereocenters. The van der Waals surface area contributed by atoms with Gasteiger partial charge in [0.2, 0.25) is 0 Å². The summed E-state index contributed by atoms with van der Waals surface area (Å²) in [5, 5.41) is 6.55. The second-order valence-corrected chi connectivity index (χ2v) is 5.77. The lowest BCUT2D eigenvalue weighted by Gasteiger charge is -2.11. The fourth-order valence-electron chi connectivity index (χ4n) is 2.08. The smallest absolute Gasteiger partial charge is 0.191 e. The Morgan fingerprint density at radius 2 is 2.17 bits per heavy atom. The number of rotatable bonds is 7. The van der Waals surface area contributed by atoms with E-state index < -0.39 is 0 Å². The molecule has 23 heavy (non-hydrogen) atoms. The summed E-state index contributed by atoms with van der Waals surface area (Å²) < 4.78 is 11.5. The molecule has 0 aliphatic heterocycles. The van der Waals surface area contributed by atoms with Gasteiger partial charge < -0.3 is 19.8 Å². The second kappa shape index (κ2) is 9.25. The number of furan rings is 1. The fourth-order valence-corrected chi connectivity index (χ4v) is 2.67. The van der Waals surface area contributed by atoms with E-state index in [2.05, 4.69) is 31.6 Å². The number of halogens is 1. The van der Waals surface area contributed by atoms with E-state index in [4.69, 9.17) is 9.15 Å². The summed E-state index contributed by atoms with van der Waals surface area (Å²) >= 11 is 3.49. The van der Waals surface area contributed by atoms with Gasteiger partial charge in [-0.25, -0.2) is 4.99 Å². The molecule has 1 aromatic heterocycles. The number of nitrogens with one attached hydrogen (secondary N) is 2. The SMILES string of the molecule is CCNC(=NCc1ccc(OC)c(Br)c1)NCCc1ccco1. The van der Waals surface area contributed by atoms with Gasteiger partial charge in [-0.2, -0.15) is 0 Å². The van der Waals surface area contributed by atoms with Gasteiger partial charge >= 0.3 is 0 Å². The monoisotopic (exact) mass is 379 g/mol. The van der Waals surface area contributed by atoms with Gasteiger partial charge in [-0.3, -0.25) is 0 Å². The van der Waals surface area contributed by atoms with Crippen LogP contribution in [-0.4, -0.2) is 26.2 Å². The molecule has 0 bridgehead atoms. The van der Waals surface area contributed by atoms with Crippen molar-refractivity contribution in [3.8, 4) is 5.75 Å². The highest BCUT2D eigenvalue weighted by atomic mass is 79.9. The Morgan fingerprint density at radius 1 is 1.30 bits per heavy atom. The highest BCUT2D eigenvalue weighted by Crippen LogP contribution is 2.25. The van der Waals surface area contributed by atoms with E-state index in [9.17, 15) is 0 Å². The summed E-state index contributed by atoms with van der Waals surface area (Å²) in [6, 6.07) is 9.84. The second-order valence-electron chi connectivity index (χ2n) is 4.92. The van der Waals surface area contributed by atoms with Crippen LogP contribution in [-0.2, 0) is 13.0 Å². The fraction of sp³-hybridized carbons (Fsp3) is 0.353. The first-order chi connectivity index (χ1) is 11.2. The third-order valence-corrected chi connectivity index (χ3v) is 3.84. The van der Waals surface area contributed by atoms with Crippen LogP contribution in [0.2, 0.25) is 0 Å². The lowest BCUT2D eigenvalue weighted by Crippen LogP contribution is -2.38. The molecule has 1 aromatic carbocycles. The molecule has 0 saturated carbocycles. The van der Waals surface area contributed by atoms with Crippen molar-refractivity contribution in [1.29, 1.82) is 0 Å². The molecule has 0 saturated heterocycles. The first-order valence-corrected chi connectivity index (χ1v) is 8.39. The predicted octanol–water partition coefficient (Wildman–Crippen LogP) is 3.35. The molecule has 124 valence electrons. The van der Waals surface area contributed by atoms with E-state index in [1.54, 1.807) is 13.4 Å². The summed E-state index contributed by atoms with van der Waals surface area (Å²) in [5.74, 6) is 2.58. The number of guanidine groups is 1. The summed E-state index contributed by atoms with van der Waals surface area (Å²) in [5.41, 5.74) is 1.11. The molecular formula is C17H22BrN3O2. The van der Waals surface area contributed by atoms with Crippen LogP contribution in [0, 0.1) is 0 Å². The maximum Gasteiger partial charge on any atom is 0.191 e. The van der Waals surface area contributed by atoms with E-state index >= 15 is 0 Å². The minimum Gasteiger partial charge on any atom is -0.496 e. The largest absolute Gasteiger partial charge is 0.496 e. The van der Waals surface area contributed by atoms with Crippen molar-refractivity contribution in [2.75, 3.05) is 20.2 Å². The minimum atomic E-state index is 0.596. The summed E-state index contributed by atoms with van der Waals surface area (Å²) in [6.07, 6.45) is 2.52. The topological polar surface area (TPSA) is 58.8 Å². The average Bonchev–Trinajstić information content (AvgIpc) is 3.06. The number of nitrogens with zero attached hydrogens (tertiary/aromatic N) is 1. The third kappa shape index (κ3) is 5.63. The molecule has 0 atom stereocenters. The lowest BCUT2D eigenvalue weighted by atomic mass is 10.2. The van der Waals surface area contributed by atoms with Crippen LogP contribution in [0.25, 0.3) is 0 Å². The Balaban J connectivity index is 1.90. The summed E-state index contributed by atoms with van der Waals surface area (Å²) in [6.45, 7) is 4.23. The molecule has 1 heterocycles. The first-order valence-electron chi connectivity index (χ1n) is 7.60. The zero-order chi connectivity index (χ0) is 16.5. The Hall–Kier alpha value is -1.95. The van der Waals surface area contributed by atoms with Crippen molar-refractivity contribution in [3.63, 3.8) is 0 Å². The molecule has 0 aliphatic carbocycles. The molecular weight excluding hydrogens is 358 g/mol. The Bertz CT molecular complexity index is 627. The normalized spacial score (nSPS) is 11.3. The molecule has 2 rings (SSSR count). The van der Waals surface area contributed by atoms with Crippen LogP contribution in [0.15, 0.2) is 50.5 Å². The zero-order valence-corrected chi connectivity index (χ0v) is 15.0. The van der Waals surface area contributed by atoms with E-state index in [0.29, 0.717) is 6.54 Å². The van der Waals surface area contributed by atoms with Gasteiger partial charge in [0.15, 0.2) is 5.96 Å². The van der Waals surface area contributed by atoms with Gasteiger partial charge in [-0.05, 0) is 52.7 Å². The zero-order valence-electron chi connectivity index (χ0n) is 13.4. The van der Waals surface area contributed by atoms with E-state index in [1.165, 1.54) is 0 Å². The Kier molecular flexibility index (Phi) is 7.00. The first kappa shape index (κ1) is 17.4. The minimum absolute atomic E-state index is 0.596. The number of hydrogen-bond acceptors (Lipinski definition) is 3. The van der Waals surface area contributed by atoms with Gasteiger partial charge in [0.25, 0.3) is 0 Å². The maximum atomic E-state index is 5.32. The summed E-state index contributed by atoms with van der Waals surface area (Å²) in [4.78, 5) is 4.60. The molecule has 0 spiro atoms. The third-order valence-electron chi connectivity index (χ3n) is 3.22. The molecule has 2 N–H and O–H groups in total. The van der Waals surface area contributed by atoms with Crippen molar-refractivity contribution in [2.24, 2.45) is 4.99 Å². The molecule has 2 aromatic rings. The predicted molar refractivity (Wildman–Crippen MR) is 95.9 cm³/mol. The van der Waals surface area contributed by atoms with E-state index in [1.807, 2.05) is 37.3 Å². The maximum absolute atomic E-state index is 5.32. The van der Waals surface area contributed by atoms with Crippen LogP contribution in [0.1, 0.15) is 18.2 Å². The van der Waals surface area contributed by atoms with Gasteiger partial charge in [0.05, 0.1) is 24.4 Å². The molecule has 5 nitrogen and oxygen atoms in total. The highest BCUT2D eigenvalue weighted by Gasteiger charge is 2.02. The Labute approximate surface area is 145 Å². The van der Waals surface area contributed by atoms with E-state index in [-0.39, 0.29) is 0 Å². The number of hydrogen-bond donors (Lipinski definition) is 2. The molecule has 0 amide bonds. The quantitative estimate of drug-likeness (QED) is 0.571. The highest BCUT2D eigenvalue weighted by molar-refractivity contribution is 9.10. The average molecular weight is 380 g/mol. The van der Waals surface area contributed by atoms with Crippen molar-refractivity contribution < 1.29 is 9.15 Å². The number of ether oxygens (including phenoxy) is 1. The standard InChI is InChI=1S/C17H22BrN3O2/c1-3-19-17(20-9-8-14-5-4-10-23-14)21-12-13-6-7-16(22-2)15(18)11-13/h4-7,10-11H,3,8-9,12H2,1-2H3,(H2,19,20,21). The van der Waals surface area contributed by atoms with Gasteiger partial charge in [0.1, 0.15) is 11.5 Å². The van der Waals surface area contributed by atoms with Crippen molar-refractivity contribution in [3.05, 3.63) is 52.4 Å². The van der Waals surface area contributed by atoms with Crippen molar-refractivity contribution in [2.45, 2.75) is 19.9 Å². The van der Waals surface area contributed by atoms with Gasteiger partial charge in [-0.1, -0.05) is 6.07 Å². The van der Waals surface area contributed by atoms with E-state index in [0.717, 1.165) is 47.0 Å². The molecule has 6 heteroatoms. The number of aliphatic imine (C=N–C) groups is 1. The van der Waals surface area contributed by atoms with Gasteiger partial charge in [-0.15, -0.1) is 0 Å². The van der Waals surface area contributed by atoms with Crippen molar-refractivity contribution in [1.82, 2.24) is 10.6 Å². The van der Waals surface area contributed by atoms with Crippen LogP contribution in [0.4, 0.5) is 0 Å². The molecule has 0 fully saturated rings. The van der Waals surface area contributed by atoms with Crippen LogP contribution in [0.5, 0.6) is 5.75 Å². The Morgan fingerprint density at radius 3 is 2.83 bits per heavy atom. The number of methoxy groups -OCH3 is 1. The number of benzene rings is 1. The molecule has 0 aliphatic rings. The van der Waals surface area contributed by atoms with Gasteiger partial charge in [0, 0.05) is 19.5 Å². The molecule has 0 radical (unpaired) electrons. The van der Waals surface area contributed by atoms with Crippen LogP contribution < -0.4 is 15.4 Å². The van der Waals surface area contributed by atoms with Crippen LogP contribution >= 0.6 is 15.9 Å².